The molecule has 2 aromatic rings. The molecule has 0 unspecified atom stereocenters. The number of hydrogen-bond donors (Lipinski definition) is 2. The summed E-state index contributed by atoms with van der Waals surface area (Å²) >= 11 is 0. The molecule has 0 saturated carbocycles. The Morgan fingerprint density at radius 3 is 2.59 bits per heavy atom. The lowest BCUT2D eigenvalue weighted by molar-refractivity contribution is 0.248. The summed E-state index contributed by atoms with van der Waals surface area (Å²) in [7, 11) is 6.36. The van der Waals surface area contributed by atoms with Crippen molar-refractivity contribution in [2.45, 2.75) is 78.8 Å². The lowest BCUT2D eigenvalue weighted by Gasteiger charge is -2.30. The summed E-state index contributed by atoms with van der Waals surface area (Å²) < 4.78 is 3.75. The highest BCUT2D eigenvalue weighted by molar-refractivity contribution is 5.89. The van der Waals surface area contributed by atoms with E-state index >= 15 is 0 Å². The first-order valence-corrected chi connectivity index (χ1v) is 14.3. The highest BCUT2D eigenvalue weighted by Crippen LogP contribution is 2.31. The molecule has 0 aliphatic heterocycles. The van der Waals surface area contributed by atoms with E-state index in [1.165, 1.54) is 11.1 Å². The van der Waals surface area contributed by atoms with Gasteiger partial charge >= 0.3 is 6.03 Å². The summed E-state index contributed by atoms with van der Waals surface area (Å²) in [5.74, 6) is 1.17. The van der Waals surface area contributed by atoms with Gasteiger partial charge in [0.2, 0.25) is 0 Å². The molecule has 2 N–H and O–H groups in total. The van der Waals surface area contributed by atoms with E-state index in [-0.39, 0.29) is 17.5 Å². The SMILES string of the molecule is C/C=C\C1=C(C)[C@H](C)CC[C@@H]1NC(=O)Nc1cc(C(C)(C)C)nn1-c1cnn(CCCN(C)CCN(C)C)c1. The zero-order valence-electron chi connectivity index (χ0n) is 25.6. The highest BCUT2D eigenvalue weighted by atomic mass is 16.2. The maximum atomic E-state index is 13.2. The summed E-state index contributed by atoms with van der Waals surface area (Å²) in [6.07, 6.45) is 11.0. The minimum absolute atomic E-state index is 0.00513. The van der Waals surface area contributed by atoms with Crippen LogP contribution in [0.5, 0.6) is 0 Å². The van der Waals surface area contributed by atoms with Crippen molar-refractivity contribution in [2.24, 2.45) is 5.92 Å². The number of carbonyl (C=O) groups is 1. The fourth-order valence-electron chi connectivity index (χ4n) is 4.84. The number of likely N-dealkylation sites (N-methyl/N-ethyl adjacent to an activating group) is 2. The predicted octanol–water partition coefficient (Wildman–Crippen LogP) is 5.06. The standard InChI is InChI=1S/C30H50N8O/c1-10-12-25-23(3)22(2)13-14-26(25)32-29(39)33-28-19-27(30(4,5)6)34-38(28)24-20-31-37(21-24)16-11-15-36(9)18-17-35(7)8/h10,12,19-22,26H,11,13-18H2,1-9H3,(H2,32,33,39)/b12-10-/t22-,26+/m1/s1. The Kier molecular flexibility index (Phi) is 10.6. The number of allylic oxidation sites excluding steroid dienone is 2. The lowest BCUT2D eigenvalue weighted by atomic mass is 9.81. The minimum Gasteiger partial charge on any atom is -0.331 e. The third kappa shape index (κ3) is 8.54. The third-order valence-corrected chi connectivity index (χ3v) is 7.55. The molecule has 2 heterocycles. The van der Waals surface area contributed by atoms with Gasteiger partial charge in [-0.05, 0) is 72.3 Å². The van der Waals surface area contributed by atoms with Crippen LogP contribution in [-0.2, 0) is 12.0 Å². The zero-order chi connectivity index (χ0) is 28.7. The summed E-state index contributed by atoms with van der Waals surface area (Å²) in [6, 6.07) is 1.74. The summed E-state index contributed by atoms with van der Waals surface area (Å²) in [5, 5.41) is 15.7. The van der Waals surface area contributed by atoms with E-state index in [4.69, 9.17) is 5.10 Å². The first kappa shape index (κ1) is 30.6. The molecule has 2 atom stereocenters. The van der Waals surface area contributed by atoms with Crippen molar-refractivity contribution in [1.29, 1.82) is 0 Å². The second kappa shape index (κ2) is 13.4. The molecule has 0 radical (unpaired) electrons. The molecule has 9 nitrogen and oxygen atoms in total. The number of carbonyl (C=O) groups excluding carboxylic acids is 1. The molecule has 0 bridgehead atoms. The van der Waals surface area contributed by atoms with Gasteiger partial charge in [-0.1, -0.05) is 45.4 Å². The summed E-state index contributed by atoms with van der Waals surface area (Å²) in [5.41, 5.74) is 4.14. The predicted molar refractivity (Wildman–Crippen MR) is 161 cm³/mol. The van der Waals surface area contributed by atoms with E-state index in [0.717, 1.165) is 56.8 Å². The first-order chi connectivity index (χ1) is 18.4. The quantitative estimate of drug-likeness (QED) is 0.418. The molecule has 0 spiro atoms. The Hall–Kier alpha value is -2.91. The van der Waals surface area contributed by atoms with Crippen LogP contribution < -0.4 is 10.6 Å². The van der Waals surface area contributed by atoms with Crippen LogP contribution in [0.3, 0.4) is 0 Å². The Labute approximate surface area is 235 Å². The topological polar surface area (TPSA) is 83.2 Å². The molecule has 2 amide bonds. The Bertz CT molecular complexity index is 1150. The minimum atomic E-state index is -0.223. The molecule has 3 rings (SSSR count). The number of nitrogens with zero attached hydrogens (tertiary/aromatic N) is 6. The number of nitrogens with one attached hydrogen (secondary N) is 2. The second-order valence-electron chi connectivity index (χ2n) is 12.3. The fraction of sp³-hybridized carbons (Fsp3) is 0.633. The van der Waals surface area contributed by atoms with Crippen LogP contribution in [0.4, 0.5) is 10.6 Å². The molecule has 9 heteroatoms. The van der Waals surface area contributed by atoms with Crippen LogP contribution in [0.2, 0.25) is 0 Å². The number of aromatic nitrogens is 4. The highest BCUT2D eigenvalue weighted by Gasteiger charge is 2.26. The van der Waals surface area contributed by atoms with Crippen LogP contribution in [0.1, 0.15) is 66.5 Å². The van der Waals surface area contributed by atoms with E-state index in [1.54, 1.807) is 4.68 Å². The molecular weight excluding hydrogens is 488 g/mol. The van der Waals surface area contributed by atoms with E-state index < -0.39 is 0 Å². The molecular formula is C30H50N8O. The van der Waals surface area contributed by atoms with Crippen LogP contribution in [-0.4, -0.2) is 82.2 Å². The van der Waals surface area contributed by atoms with Gasteiger partial charge in [0.25, 0.3) is 0 Å². The van der Waals surface area contributed by atoms with Gasteiger partial charge in [0.1, 0.15) is 11.5 Å². The van der Waals surface area contributed by atoms with Crippen molar-refractivity contribution in [3.05, 3.63) is 47.5 Å². The molecule has 216 valence electrons. The molecule has 1 aliphatic carbocycles. The van der Waals surface area contributed by atoms with Crippen molar-refractivity contribution in [1.82, 2.24) is 34.7 Å². The first-order valence-electron chi connectivity index (χ1n) is 14.3. The number of hydrogen-bond acceptors (Lipinski definition) is 5. The van der Waals surface area contributed by atoms with Gasteiger partial charge in [0, 0.05) is 31.1 Å². The van der Waals surface area contributed by atoms with E-state index in [0.29, 0.717) is 11.7 Å². The molecule has 2 aromatic heterocycles. The van der Waals surface area contributed by atoms with E-state index in [1.807, 2.05) is 36.1 Å². The van der Waals surface area contributed by atoms with Gasteiger partial charge < -0.3 is 15.1 Å². The monoisotopic (exact) mass is 538 g/mol. The van der Waals surface area contributed by atoms with Crippen LogP contribution in [0.15, 0.2) is 41.8 Å². The summed E-state index contributed by atoms with van der Waals surface area (Å²) in [4.78, 5) is 17.8. The number of anilines is 1. The van der Waals surface area contributed by atoms with E-state index in [2.05, 4.69) is 87.4 Å². The molecule has 0 saturated heterocycles. The number of rotatable bonds is 11. The van der Waals surface area contributed by atoms with Gasteiger partial charge in [-0.15, -0.1) is 0 Å². The smallest absolute Gasteiger partial charge is 0.320 e. The van der Waals surface area contributed by atoms with Crippen LogP contribution >= 0.6 is 0 Å². The Morgan fingerprint density at radius 2 is 1.92 bits per heavy atom. The van der Waals surface area contributed by atoms with Gasteiger partial charge in [0.15, 0.2) is 0 Å². The Morgan fingerprint density at radius 1 is 1.18 bits per heavy atom. The van der Waals surface area contributed by atoms with E-state index in [9.17, 15) is 4.79 Å². The lowest BCUT2D eigenvalue weighted by Crippen LogP contribution is -2.41. The number of urea groups is 1. The van der Waals surface area contributed by atoms with Crippen molar-refractivity contribution >= 4 is 11.8 Å². The maximum absolute atomic E-state index is 13.2. The van der Waals surface area contributed by atoms with Gasteiger partial charge in [-0.25, -0.2) is 9.48 Å². The normalized spacial score (nSPS) is 18.5. The average molecular weight is 539 g/mol. The van der Waals surface area contributed by atoms with Gasteiger partial charge in [0.05, 0.1) is 24.1 Å². The van der Waals surface area contributed by atoms with Crippen molar-refractivity contribution in [3.63, 3.8) is 0 Å². The maximum Gasteiger partial charge on any atom is 0.320 e. The van der Waals surface area contributed by atoms with Crippen molar-refractivity contribution < 1.29 is 4.79 Å². The second-order valence-corrected chi connectivity index (χ2v) is 12.3. The number of amides is 2. The average Bonchev–Trinajstić information content (AvgIpc) is 3.49. The molecule has 1 aliphatic rings. The number of aryl methyl sites for hydroxylation is 1. The zero-order valence-corrected chi connectivity index (χ0v) is 25.6. The third-order valence-electron chi connectivity index (χ3n) is 7.55. The fourth-order valence-corrected chi connectivity index (χ4v) is 4.84. The largest absolute Gasteiger partial charge is 0.331 e. The van der Waals surface area contributed by atoms with Gasteiger partial charge in [-0.3, -0.25) is 10.00 Å². The van der Waals surface area contributed by atoms with Gasteiger partial charge in [-0.2, -0.15) is 10.2 Å². The molecule has 39 heavy (non-hydrogen) atoms. The summed E-state index contributed by atoms with van der Waals surface area (Å²) in [6.45, 7) is 16.8. The molecule has 0 aromatic carbocycles. The van der Waals surface area contributed by atoms with Crippen molar-refractivity contribution in [2.75, 3.05) is 46.1 Å². The van der Waals surface area contributed by atoms with Crippen molar-refractivity contribution in [3.8, 4) is 5.69 Å². The molecule has 0 fully saturated rings. The van der Waals surface area contributed by atoms with Crippen LogP contribution in [0.25, 0.3) is 5.69 Å². The Balaban J connectivity index is 1.72. The van der Waals surface area contributed by atoms with Crippen LogP contribution in [0, 0.1) is 5.92 Å².